The third-order valence-electron chi connectivity index (χ3n) is 4.12. The minimum Gasteiger partial charge on any atom is -0.497 e. The number of aliphatic imine (C=N–C) groups is 1. The predicted molar refractivity (Wildman–Crippen MR) is 105 cm³/mol. The van der Waals surface area contributed by atoms with Crippen LogP contribution in [0.4, 0.5) is 0 Å². The van der Waals surface area contributed by atoms with Crippen molar-refractivity contribution in [3.8, 4) is 11.5 Å². The van der Waals surface area contributed by atoms with Crippen LogP contribution in [0.1, 0.15) is 25.8 Å². The Balaban J connectivity index is 0.00000264. The van der Waals surface area contributed by atoms with Crippen LogP contribution in [-0.4, -0.2) is 45.2 Å². The van der Waals surface area contributed by atoms with E-state index in [9.17, 15) is 0 Å². The van der Waals surface area contributed by atoms with E-state index in [-0.39, 0.29) is 24.0 Å². The van der Waals surface area contributed by atoms with Gasteiger partial charge < -0.3 is 19.7 Å². The van der Waals surface area contributed by atoms with Gasteiger partial charge in [-0.25, -0.2) is 0 Å². The van der Waals surface area contributed by atoms with Gasteiger partial charge in [0.25, 0.3) is 0 Å². The SMILES string of the molecule is CN=C(NCc1ccc(OC)cc1OC)N1CCC(C)(C)C1.I. The van der Waals surface area contributed by atoms with E-state index >= 15 is 0 Å². The average molecular weight is 433 g/mol. The highest BCUT2D eigenvalue weighted by atomic mass is 127. The number of hydrogen-bond acceptors (Lipinski definition) is 3. The van der Waals surface area contributed by atoms with Crippen LogP contribution >= 0.6 is 24.0 Å². The van der Waals surface area contributed by atoms with Gasteiger partial charge in [0.05, 0.1) is 14.2 Å². The second-order valence-electron chi connectivity index (χ2n) is 6.41. The third-order valence-corrected chi connectivity index (χ3v) is 4.12. The van der Waals surface area contributed by atoms with Crippen LogP contribution in [0, 0.1) is 5.41 Å². The van der Waals surface area contributed by atoms with Crippen molar-refractivity contribution in [1.82, 2.24) is 10.2 Å². The molecule has 23 heavy (non-hydrogen) atoms. The number of hydrogen-bond donors (Lipinski definition) is 1. The van der Waals surface area contributed by atoms with Gasteiger partial charge in [0.2, 0.25) is 0 Å². The number of benzene rings is 1. The number of halogens is 1. The lowest BCUT2D eigenvalue weighted by molar-refractivity contribution is 0.369. The molecule has 1 saturated heterocycles. The summed E-state index contributed by atoms with van der Waals surface area (Å²) in [5.41, 5.74) is 1.44. The molecule has 0 atom stereocenters. The molecule has 1 aromatic rings. The van der Waals surface area contributed by atoms with Gasteiger partial charge in [-0.2, -0.15) is 0 Å². The van der Waals surface area contributed by atoms with Crippen molar-refractivity contribution in [3.63, 3.8) is 0 Å². The van der Waals surface area contributed by atoms with Gasteiger partial charge in [0, 0.05) is 38.3 Å². The van der Waals surface area contributed by atoms with Crippen molar-refractivity contribution in [3.05, 3.63) is 23.8 Å². The van der Waals surface area contributed by atoms with Crippen molar-refractivity contribution in [2.24, 2.45) is 10.4 Å². The van der Waals surface area contributed by atoms with E-state index in [1.54, 1.807) is 14.2 Å². The zero-order valence-electron chi connectivity index (χ0n) is 14.7. The second kappa shape index (κ2) is 8.61. The summed E-state index contributed by atoms with van der Waals surface area (Å²) < 4.78 is 10.7. The topological polar surface area (TPSA) is 46.1 Å². The first kappa shape index (κ1) is 19.9. The van der Waals surface area contributed by atoms with Crippen molar-refractivity contribution >= 4 is 29.9 Å². The van der Waals surface area contributed by atoms with Crippen LogP contribution in [0.5, 0.6) is 11.5 Å². The molecule has 1 N–H and O–H groups in total. The van der Waals surface area contributed by atoms with Crippen molar-refractivity contribution in [2.75, 3.05) is 34.4 Å². The number of rotatable bonds is 4. The molecule has 1 fully saturated rings. The molecule has 2 rings (SSSR count). The molecule has 0 unspecified atom stereocenters. The number of nitrogens with zero attached hydrogens (tertiary/aromatic N) is 2. The van der Waals surface area contributed by atoms with Crippen LogP contribution in [0.2, 0.25) is 0 Å². The smallest absolute Gasteiger partial charge is 0.193 e. The highest BCUT2D eigenvalue weighted by Gasteiger charge is 2.30. The minimum absolute atomic E-state index is 0. The number of ether oxygens (including phenoxy) is 2. The standard InChI is InChI=1S/C17H27N3O2.HI/c1-17(2)8-9-20(12-17)16(18-3)19-11-13-6-7-14(21-4)10-15(13)22-5;/h6-7,10H,8-9,11-12H2,1-5H3,(H,18,19);1H. The molecule has 0 radical (unpaired) electrons. The zero-order valence-corrected chi connectivity index (χ0v) is 17.0. The largest absolute Gasteiger partial charge is 0.497 e. The fourth-order valence-electron chi connectivity index (χ4n) is 2.80. The summed E-state index contributed by atoms with van der Waals surface area (Å²) in [5, 5.41) is 3.43. The van der Waals surface area contributed by atoms with E-state index in [2.05, 4.69) is 29.1 Å². The maximum Gasteiger partial charge on any atom is 0.193 e. The lowest BCUT2D eigenvalue weighted by Gasteiger charge is -2.24. The number of nitrogens with one attached hydrogen (secondary N) is 1. The van der Waals surface area contributed by atoms with E-state index in [1.807, 2.05) is 25.2 Å². The molecule has 0 aromatic heterocycles. The molecule has 0 spiro atoms. The molecule has 0 saturated carbocycles. The van der Waals surface area contributed by atoms with E-state index in [0.717, 1.165) is 36.1 Å². The molecule has 0 amide bonds. The monoisotopic (exact) mass is 433 g/mol. The number of guanidine groups is 1. The Morgan fingerprint density at radius 3 is 2.57 bits per heavy atom. The maximum absolute atomic E-state index is 5.44. The van der Waals surface area contributed by atoms with Gasteiger partial charge in [0.15, 0.2) is 5.96 Å². The van der Waals surface area contributed by atoms with E-state index in [4.69, 9.17) is 9.47 Å². The Labute approximate surface area is 156 Å². The van der Waals surface area contributed by atoms with Crippen LogP contribution in [0.25, 0.3) is 0 Å². The summed E-state index contributed by atoms with van der Waals surface area (Å²) in [7, 11) is 5.17. The molecule has 6 heteroatoms. The van der Waals surface area contributed by atoms with E-state index in [1.165, 1.54) is 6.42 Å². The third kappa shape index (κ3) is 5.16. The molecular weight excluding hydrogens is 405 g/mol. The zero-order chi connectivity index (χ0) is 16.2. The van der Waals surface area contributed by atoms with Crippen LogP contribution < -0.4 is 14.8 Å². The highest BCUT2D eigenvalue weighted by Crippen LogP contribution is 2.29. The Bertz CT molecular complexity index is 547. The Morgan fingerprint density at radius 1 is 1.30 bits per heavy atom. The molecule has 0 bridgehead atoms. The molecule has 1 aromatic carbocycles. The first-order valence-electron chi connectivity index (χ1n) is 7.65. The predicted octanol–water partition coefficient (Wildman–Crippen LogP) is 3.13. The molecule has 130 valence electrons. The second-order valence-corrected chi connectivity index (χ2v) is 6.41. The van der Waals surface area contributed by atoms with Gasteiger partial charge in [-0.15, -0.1) is 24.0 Å². The first-order chi connectivity index (χ1) is 10.5. The molecule has 1 heterocycles. The van der Waals surface area contributed by atoms with Crippen LogP contribution in [0.3, 0.4) is 0 Å². The Morgan fingerprint density at radius 2 is 2.04 bits per heavy atom. The fourth-order valence-corrected chi connectivity index (χ4v) is 2.80. The Hall–Kier alpha value is -1.18. The van der Waals surface area contributed by atoms with Gasteiger partial charge in [0.1, 0.15) is 11.5 Å². The summed E-state index contributed by atoms with van der Waals surface area (Å²) in [6.45, 7) is 7.36. The van der Waals surface area contributed by atoms with Crippen LogP contribution in [-0.2, 0) is 6.54 Å². The molecule has 5 nitrogen and oxygen atoms in total. The van der Waals surface area contributed by atoms with E-state index < -0.39 is 0 Å². The van der Waals surface area contributed by atoms with Gasteiger partial charge >= 0.3 is 0 Å². The summed E-state index contributed by atoms with van der Waals surface area (Å²) >= 11 is 0. The van der Waals surface area contributed by atoms with Crippen molar-refractivity contribution in [1.29, 1.82) is 0 Å². The normalized spacial score (nSPS) is 16.7. The fraction of sp³-hybridized carbons (Fsp3) is 0.588. The number of likely N-dealkylation sites (tertiary alicyclic amines) is 1. The van der Waals surface area contributed by atoms with Crippen LogP contribution in [0.15, 0.2) is 23.2 Å². The quantitative estimate of drug-likeness (QED) is 0.451. The van der Waals surface area contributed by atoms with Crippen molar-refractivity contribution < 1.29 is 9.47 Å². The highest BCUT2D eigenvalue weighted by molar-refractivity contribution is 14.0. The summed E-state index contributed by atoms with van der Waals surface area (Å²) in [6.07, 6.45) is 1.19. The van der Waals surface area contributed by atoms with Gasteiger partial charge in [-0.1, -0.05) is 13.8 Å². The minimum atomic E-state index is 0. The molecule has 1 aliphatic heterocycles. The summed E-state index contributed by atoms with van der Waals surface area (Å²) in [4.78, 5) is 6.72. The number of methoxy groups -OCH3 is 2. The summed E-state index contributed by atoms with van der Waals surface area (Å²) in [6, 6.07) is 5.87. The molecule has 0 aliphatic carbocycles. The van der Waals surface area contributed by atoms with E-state index in [0.29, 0.717) is 12.0 Å². The first-order valence-corrected chi connectivity index (χ1v) is 7.65. The molecular formula is C17H28IN3O2. The van der Waals surface area contributed by atoms with Gasteiger partial charge in [-0.05, 0) is 24.0 Å². The Kier molecular flexibility index (Phi) is 7.44. The maximum atomic E-state index is 5.44. The summed E-state index contributed by atoms with van der Waals surface area (Å²) in [5.74, 6) is 2.57. The van der Waals surface area contributed by atoms with Gasteiger partial charge in [-0.3, -0.25) is 4.99 Å². The van der Waals surface area contributed by atoms with Crippen molar-refractivity contribution in [2.45, 2.75) is 26.8 Å². The lowest BCUT2D eigenvalue weighted by Crippen LogP contribution is -2.40. The lowest BCUT2D eigenvalue weighted by atomic mass is 9.93. The molecule has 1 aliphatic rings. The average Bonchev–Trinajstić information content (AvgIpc) is 2.88.